The number of imide groups is 1. The Hall–Kier alpha value is -2.25. The van der Waals surface area contributed by atoms with Crippen molar-refractivity contribution in [3.63, 3.8) is 0 Å². The Balaban J connectivity index is 2.28. The highest BCUT2D eigenvalue weighted by atomic mass is 19.4. The van der Waals surface area contributed by atoms with E-state index in [0.29, 0.717) is 0 Å². The Morgan fingerprint density at radius 3 is 2.22 bits per heavy atom. The minimum atomic E-state index is -4.48. The molecular formula is C10H8F3N3O2. The minimum Gasteiger partial charge on any atom is -0.313 e. The third-order valence-corrected chi connectivity index (χ3v) is 2.33. The zero-order chi connectivity index (χ0) is 13.3. The molecule has 0 saturated carbocycles. The number of benzene rings is 1. The smallest absolute Gasteiger partial charge is 0.313 e. The summed E-state index contributed by atoms with van der Waals surface area (Å²) in [5.74, 6) is 0. The first-order chi connectivity index (χ1) is 8.36. The maximum atomic E-state index is 12.5. The van der Waals surface area contributed by atoms with Gasteiger partial charge in [-0.15, -0.1) is 0 Å². The predicted molar refractivity (Wildman–Crippen MR) is 54.4 cm³/mol. The summed E-state index contributed by atoms with van der Waals surface area (Å²) in [7, 11) is 0. The van der Waals surface area contributed by atoms with Crippen molar-refractivity contribution in [1.29, 1.82) is 0 Å². The summed E-state index contributed by atoms with van der Waals surface area (Å²) >= 11 is 0. The molecule has 1 aromatic carbocycles. The van der Waals surface area contributed by atoms with Gasteiger partial charge in [0.2, 0.25) is 0 Å². The third-order valence-electron chi connectivity index (χ3n) is 2.33. The summed E-state index contributed by atoms with van der Waals surface area (Å²) in [4.78, 5) is 22.1. The van der Waals surface area contributed by atoms with E-state index < -0.39 is 30.0 Å². The van der Waals surface area contributed by atoms with Crippen LogP contribution in [0.25, 0.3) is 0 Å². The highest BCUT2D eigenvalue weighted by Crippen LogP contribution is 2.30. The van der Waals surface area contributed by atoms with E-state index in [1.807, 2.05) is 5.32 Å². The normalized spacial score (nSPS) is 16.8. The Bertz CT molecular complexity index is 485. The standard InChI is InChI=1S/C10H8F3N3O2/c11-10(12,13)6-3-1-2-5(4-6)7-14-8(17)16-9(18)15-7/h1-4,7H,(H3,14,15,16,17,18). The molecule has 1 fully saturated rings. The number of nitrogens with one attached hydrogen (secondary N) is 3. The quantitative estimate of drug-likeness (QED) is 0.718. The molecule has 1 saturated heterocycles. The maximum Gasteiger partial charge on any atom is 0.416 e. The molecule has 1 aromatic rings. The van der Waals surface area contributed by atoms with Crippen LogP contribution in [-0.2, 0) is 6.18 Å². The van der Waals surface area contributed by atoms with Gasteiger partial charge in [-0.3, -0.25) is 5.32 Å². The number of hydrogen-bond acceptors (Lipinski definition) is 2. The molecular weight excluding hydrogens is 251 g/mol. The number of halogens is 3. The zero-order valence-electron chi connectivity index (χ0n) is 8.84. The molecule has 1 aliphatic heterocycles. The van der Waals surface area contributed by atoms with Crippen molar-refractivity contribution in [3.8, 4) is 0 Å². The van der Waals surface area contributed by atoms with Gasteiger partial charge in [0, 0.05) is 0 Å². The van der Waals surface area contributed by atoms with Crippen LogP contribution in [0.5, 0.6) is 0 Å². The average molecular weight is 259 g/mol. The van der Waals surface area contributed by atoms with Crippen molar-refractivity contribution in [2.75, 3.05) is 0 Å². The van der Waals surface area contributed by atoms with Crippen LogP contribution < -0.4 is 16.0 Å². The lowest BCUT2D eigenvalue weighted by Crippen LogP contribution is -2.57. The Kier molecular flexibility index (Phi) is 2.85. The van der Waals surface area contributed by atoms with Crippen LogP contribution >= 0.6 is 0 Å². The van der Waals surface area contributed by atoms with Crippen LogP contribution in [0, 0.1) is 0 Å². The van der Waals surface area contributed by atoms with Gasteiger partial charge in [-0.05, 0) is 17.7 Å². The van der Waals surface area contributed by atoms with Gasteiger partial charge in [-0.2, -0.15) is 13.2 Å². The molecule has 0 aromatic heterocycles. The third kappa shape index (κ3) is 2.53. The van der Waals surface area contributed by atoms with Crippen molar-refractivity contribution in [3.05, 3.63) is 35.4 Å². The molecule has 0 radical (unpaired) electrons. The second-order valence-corrected chi connectivity index (χ2v) is 3.63. The molecule has 0 aliphatic carbocycles. The van der Waals surface area contributed by atoms with Crippen molar-refractivity contribution in [2.45, 2.75) is 12.3 Å². The Morgan fingerprint density at radius 2 is 1.67 bits per heavy atom. The zero-order valence-corrected chi connectivity index (χ0v) is 8.84. The number of rotatable bonds is 1. The van der Waals surface area contributed by atoms with Gasteiger partial charge in [0.05, 0.1) is 5.56 Å². The lowest BCUT2D eigenvalue weighted by atomic mass is 10.1. The van der Waals surface area contributed by atoms with Crippen LogP contribution in [0.3, 0.4) is 0 Å². The van der Waals surface area contributed by atoms with Crippen molar-refractivity contribution < 1.29 is 22.8 Å². The molecule has 8 heteroatoms. The number of urea groups is 2. The number of hydrogen-bond donors (Lipinski definition) is 3. The first kappa shape index (κ1) is 12.2. The first-order valence-corrected chi connectivity index (χ1v) is 4.91. The van der Waals surface area contributed by atoms with Crippen molar-refractivity contribution in [1.82, 2.24) is 16.0 Å². The Morgan fingerprint density at radius 1 is 1.06 bits per heavy atom. The summed E-state index contributed by atoms with van der Waals surface area (Å²) in [6.45, 7) is 0. The van der Waals surface area contributed by atoms with Gasteiger partial charge < -0.3 is 10.6 Å². The number of amides is 4. The van der Waals surface area contributed by atoms with Gasteiger partial charge in [0.1, 0.15) is 6.17 Å². The first-order valence-electron chi connectivity index (χ1n) is 4.91. The summed E-state index contributed by atoms with van der Waals surface area (Å²) in [5, 5.41) is 6.49. The minimum absolute atomic E-state index is 0.146. The van der Waals surface area contributed by atoms with E-state index >= 15 is 0 Å². The number of carbonyl (C=O) groups excluding carboxylic acids is 2. The largest absolute Gasteiger partial charge is 0.416 e. The molecule has 0 unspecified atom stereocenters. The van der Waals surface area contributed by atoms with Crippen molar-refractivity contribution in [2.24, 2.45) is 0 Å². The fourth-order valence-electron chi connectivity index (χ4n) is 1.53. The van der Waals surface area contributed by atoms with Crippen molar-refractivity contribution >= 4 is 12.1 Å². The second kappa shape index (κ2) is 4.21. The SMILES string of the molecule is O=C1NC(=O)NC(c2cccc(C(F)(F)F)c2)N1. The molecule has 18 heavy (non-hydrogen) atoms. The van der Waals surface area contributed by atoms with E-state index in [-0.39, 0.29) is 5.56 Å². The maximum absolute atomic E-state index is 12.5. The highest BCUT2D eigenvalue weighted by molar-refractivity contribution is 5.96. The monoisotopic (exact) mass is 259 g/mol. The summed E-state index contributed by atoms with van der Waals surface area (Å²) in [6, 6.07) is 2.84. The van der Waals surface area contributed by atoms with Crippen LogP contribution in [0.4, 0.5) is 22.8 Å². The molecule has 5 nitrogen and oxygen atoms in total. The predicted octanol–water partition coefficient (Wildman–Crippen LogP) is 1.73. The molecule has 0 bridgehead atoms. The van der Waals surface area contributed by atoms with E-state index in [1.165, 1.54) is 12.1 Å². The molecule has 0 spiro atoms. The number of alkyl halides is 3. The lowest BCUT2D eigenvalue weighted by Gasteiger charge is -2.25. The molecule has 1 aliphatic rings. The van der Waals surface area contributed by atoms with Crippen LogP contribution in [0.1, 0.15) is 17.3 Å². The summed E-state index contributed by atoms with van der Waals surface area (Å²) in [6.07, 6.45) is -5.45. The fourth-order valence-corrected chi connectivity index (χ4v) is 1.53. The van der Waals surface area contributed by atoms with Gasteiger partial charge in [-0.25, -0.2) is 9.59 Å². The van der Waals surface area contributed by atoms with Crippen LogP contribution in [-0.4, -0.2) is 12.1 Å². The molecule has 3 N–H and O–H groups in total. The van der Waals surface area contributed by atoms with E-state index in [1.54, 1.807) is 0 Å². The average Bonchev–Trinajstić information content (AvgIpc) is 2.27. The van der Waals surface area contributed by atoms with Gasteiger partial charge in [-0.1, -0.05) is 12.1 Å². The summed E-state index contributed by atoms with van der Waals surface area (Å²) in [5.41, 5.74) is -0.699. The second-order valence-electron chi connectivity index (χ2n) is 3.63. The number of carbonyl (C=O) groups is 2. The molecule has 2 rings (SSSR count). The van der Waals surface area contributed by atoms with Gasteiger partial charge in [0.15, 0.2) is 0 Å². The lowest BCUT2D eigenvalue weighted by molar-refractivity contribution is -0.137. The highest BCUT2D eigenvalue weighted by Gasteiger charge is 2.32. The van der Waals surface area contributed by atoms with E-state index in [4.69, 9.17) is 0 Å². The molecule has 4 amide bonds. The molecule has 0 atom stereocenters. The molecule has 96 valence electrons. The topological polar surface area (TPSA) is 70.2 Å². The molecule has 1 heterocycles. The van der Waals surface area contributed by atoms with Crippen LogP contribution in [0.2, 0.25) is 0 Å². The summed E-state index contributed by atoms with van der Waals surface area (Å²) < 4.78 is 37.5. The van der Waals surface area contributed by atoms with Gasteiger partial charge >= 0.3 is 18.2 Å². The van der Waals surface area contributed by atoms with E-state index in [2.05, 4.69) is 10.6 Å². The fraction of sp³-hybridized carbons (Fsp3) is 0.200. The van der Waals surface area contributed by atoms with E-state index in [9.17, 15) is 22.8 Å². The van der Waals surface area contributed by atoms with E-state index in [0.717, 1.165) is 12.1 Å². The Labute approximate surface area is 99.4 Å². The van der Waals surface area contributed by atoms with Crippen LogP contribution in [0.15, 0.2) is 24.3 Å². The van der Waals surface area contributed by atoms with Gasteiger partial charge in [0.25, 0.3) is 0 Å².